The van der Waals surface area contributed by atoms with Crippen LogP contribution in [-0.4, -0.2) is 40.2 Å². The largest absolute Gasteiger partial charge is 0.471 e. The number of halogens is 2. The highest BCUT2D eigenvalue weighted by Gasteiger charge is 2.25. The Morgan fingerprint density at radius 2 is 2.12 bits per heavy atom. The van der Waals surface area contributed by atoms with Gasteiger partial charge in [0.05, 0.1) is 18.7 Å². The number of ether oxygens (including phenoxy) is 1. The second-order valence-electron chi connectivity index (χ2n) is 6.15. The molecule has 1 aliphatic heterocycles. The fourth-order valence-corrected chi connectivity index (χ4v) is 2.82. The highest BCUT2D eigenvalue weighted by Crippen LogP contribution is 2.18. The first-order chi connectivity index (χ1) is 12.0. The fourth-order valence-electron chi connectivity index (χ4n) is 2.82. The number of nitrogens with zero attached hydrogens (tertiary/aromatic N) is 3. The topological polar surface area (TPSA) is 55.3 Å². The molecule has 2 aromatic rings. The first-order valence-corrected chi connectivity index (χ1v) is 8.20. The minimum Gasteiger partial charge on any atom is -0.471 e. The normalized spacial score (nSPS) is 17.4. The van der Waals surface area contributed by atoms with Gasteiger partial charge in [-0.3, -0.25) is 4.79 Å². The molecule has 7 heteroatoms. The number of likely N-dealkylation sites (tertiary alicyclic amines) is 1. The van der Waals surface area contributed by atoms with Crippen LogP contribution in [0, 0.1) is 18.6 Å². The Labute approximate surface area is 144 Å². The van der Waals surface area contributed by atoms with E-state index in [9.17, 15) is 13.6 Å². The van der Waals surface area contributed by atoms with Crippen LogP contribution in [0.4, 0.5) is 8.78 Å². The van der Waals surface area contributed by atoms with Crippen LogP contribution in [0.5, 0.6) is 5.88 Å². The predicted octanol–water partition coefficient (Wildman–Crippen LogP) is 2.68. The summed E-state index contributed by atoms with van der Waals surface area (Å²) in [6, 6.07) is 6.81. The molecule has 0 bridgehead atoms. The first kappa shape index (κ1) is 17.3. The summed E-state index contributed by atoms with van der Waals surface area (Å²) in [6.07, 6.45) is 1.34. The van der Waals surface area contributed by atoms with Gasteiger partial charge in [0.15, 0.2) is 0 Å². The molecule has 2 heterocycles. The summed E-state index contributed by atoms with van der Waals surface area (Å²) in [5.41, 5.74) is 0.993. The van der Waals surface area contributed by atoms with Crippen molar-refractivity contribution in [1.29, 1.82) is 0 Å². The molecule has 132 valence electrons. The van der Waals surface area contributed by atoms with E-state index in [0.29, 0.717) is 19.0 Å². The second kappa shape index (κ2) is 7.55. The Morgan fingerprint density at radius 1 is 1.28 bits per heavy atom. The summed E-state index contributed by atoms with van der Waals surface area (Å²) >= 11 is 0. The van der Waals surface area contributed by atoms with Crippen molar-refractivity contribution in [1.82, 2.24) is 15.1 Å². The van der Waals surface area contributed by atoms with Gasteiger partial charge in [0.2, 0.25) is 11.8 Å². The molecule has 0 saturated carbocycles. The molecule has 3 rings (SSSR count). The van der Waals surface area contributed by atoms with Crippen molar-refractivity contribution in [3.05, 3.63) is 53.2 Å². The van der Waals surface area contributed by atoms with Gasteiger partial charge in [0.1, 0.15) is 17.7 Å². The molecular weight excluding hydrogens is 328 g/mol. The molecule has 1 aromatic heterocycles. The third kappa shape index (κ3) is 4.49. The number of amides is 1. The van der Waals surface area contributed by atoms with Crippen LogP contribution in [0.25, 0.3) is 0 Å². The quantitative estimate of drug-likeness (QED) is 0.853. The van der Waals surface area contributed by atoms with Crippen molar-refractivity contribution in [2.75, 3.05) is 13.1 Å². The van der Waals surface area contributed by atoms with E-state index in [1.807, 2.05) is 13.0 Å². The summed E-state index contributed by atoms with van der Waals surface area (Å²) in [4.78, 5) is 14.1. The lowest BCUT2D eigenvalue weighted by Gasteiger charge is -2.32. The molecule has 1 aromatic carbocycles. The minimum atomic E-state index is -0.701. The van der Waals surface area contributed by atoms with E-state index in [2.05, 4.69) is 10.2 Å². The molecular formula is C18H19F2N3O2. The fraction of sp³-hybridized carbons (Fsp3) is 0.389. The van der Waals surface area contributed by atoms with E-state index in [0.717, 1.165) is 30.7 Å². The van der Waals surface area contributed by atoms with E-state index in [1.54, 1.807) is 11.0 Å². The van der Waals surface area contributed by atoms with E-state index >= 15 is 0 Å². The average molecular weight is 347 g/mol. The molecule has 1 atom stereocenters. The van der Waals surface area contributed by atoms with Crippen LogP contribution in [0.1, 0.15) is 24.1 Å². The van der Waals surface area contributed by atoms with Crippen molar-refractivity contribution in [3.63, 3.8) is 0 Å². The van der Waals surface area contributed by atoms with Gasteiger partial charge in [-0.15, -0.1) is 5.10 Å². The van der Waals surface area contributed by atoms with Crippen molar-refractivity contribution in [2.24, 2.45) is 0 Å². The van der Waals surface area contributed by atoms with Gasteiger partial charge < -0.3 is 9.64 Å². The molecule has 1 unspecified atom stereocenters. The number of carbonyl (C=O) groups is 1. The standard InChI is InChI=1S/C18H19F2N3O2/c1-12-4-7-17(22-21-12)25-15-3-2-8-23(11-15)18(24)9-13-5-6-14(19)10-16(13)20/h4-7,10,15H,2-3,8-9,11H2,1H3. The zero-order valence-electron chi connectivity index (χ0n) is 13.9. The zero-order valence-corrected chi connectivity index (χ0v) is 13.9. The Balaban J connectivity index is 1.60. The Kier molecular flexibility index (Phi) is 5.21. The second-order valence-corrected chi connectivity index (χ2v) is 6.15. The van der Waals surface area contributed by atoms with Gasteiger partial charge in [-0.25, -0.2) is 8.78 Å². The minimum absolute atomic E-state index is 0.0941. The van der Waals surface area contributed by atoms with E-state index in [4.69, 9.17) is 4.74 Å². The Morgan fingerprint density at radius 3 is 2.84 bits per heavy atom. The lowest BCUT2D eigenvalue weighted by atomic mass is 10.1. The van der Waals surface area contributed by atoms with Gasteiger partial charge >= 0.3 is 0 Å². The van der Waals surface area contributed by atoms with Crippen LogP contribution in [0.15, 0.2) is 30.3 Å². The summed E-state index contributed by atoms with van der Waals surface area (Å²) in [6.45, 7) is 2.85. The number of hydrogen-bond acceptors (Lipinski definition) is 4. The lowest BCUT2D eigenvalue weighted by Crippen LogP contribution is -2.45. The highest BCUT2D eigenvalue weighted by molar-refractivity contribution is 5.79. The number of carbonyl (C=O) groups excluding carboxylic acids is 1. The third-order valence-corrected chi connectivity index (χ3v) is 4.15. The SMILES string of the molecule is Cc1ccc(OC2CCCN(C(=O)Cc3ccc(F)cc3F)C2)nn1. The zero-order chi connectivity index (χ0) is 17.8. The Hall–Kier alpha value is -2.57. The maximum absolute atomic E-state index is 13.7. The van der Waals surface area contributed by atoms with Gasteiger partial charge in [-0.2, -0.15) is 5.10 Å². The number of aromatic nitrogens is 2. The van der Waals surface area contributed by atoms with E-state index in [-0.39, 0.29) is 24.0 Å². The highest BCUT2D eigenvalue weighted by atomic mass is 19.1. The van der Waals surface area contributed by atoms with Gasteiger partial charge in [0.25, 0.3) is 0 Å². The number of benzene rings is 1. The molecule has 0 spiro atoms. The van der Waals surface area contributed by atoms with Crippen LogP contribution in [0.3, 0.4) is 0 Å². The number of rotatable bonds is 4. The molecule has 1 fully saturated rings. The molecule has 0 aliphatic carbocycles. The van der Waals surface area contributed by atoms with Crippen molar-refractivity contribution >= 4 is 5.91 Å². The van der Waals surface area contributed by atoms with Gasteiger partial charge in [-0.1, -0.05) is 6.07 Å². The van der Waals surface area contributed by atoms with Gasteiger partial charge in [-0.05, 0) is 37.5 Å². The summed E-state index contributed by atoms with van der Waals surface area (Å²) < 4.78 is 32.5. The third-order valence-electron chi connectivity index (χ3n) is 4.15. The molecule has 5 nitrogen and oxygen atoms in total. The lowest BCUT2D eigenvalue weighted by molar-refractivity contribution is -0.133. The predicted molar refractivity (Wildman–Crippen MR) is 87.1 cm³/mol. The molecule has 0 radical (unpaired) electrons. The average Bonchev–Trinajstić information content (AvgIpc) is 2.60. The molecule has 1 amide bonds. The molecule has 25 heavy (non-hydrogen) atoms. The number of aryl methyl sites for hydroxylation is 1. The van der Waals surface area contributed by atoms with E-state index in [1.165, 1.54) is 6.07 Å². The summed E-state index contributed by atoms with van der Waals surface area (Å²) in [5.74, 6) is -1.13. The smallest absolute Gasteiger partial charge is 0.233 e. The Bertz CT molecular complexity index is 752. The summed E-state index contributed by atoms with van der Waals surface area (Å²) in [7, 11) is 0. The van der Waals surface area contributed by atoms with Crippen LogP contribution >= 0.6 is 0 Å². The molecule has 1 aliphatic rings. The summed E-state index contributed by atoms with van der Waals surface area (Å²) in [5, 5.41) is 7.91. The molecule has 0 N–H and O–H groups in total. The molecule has 1 saturated heterocycles. The first-order valence-electron chi connectivity index (χ1n) is 8.20. The van der Waals surface area contributed by atoms with Crippen LogP contribution in [-0.2, 0) is 11.2 Å². The van der Waals surface area contributed by atoms with Gasteiger partial charge in [0, 0.05) is 18.7 Å². The number of hydrogen-bond donors (Lipinski definition) is 0. The van der Waals surface area contributed by atoms with Crippen LogP contribution < -0.4 is 4.74 Å². The maximum atomic E-state index is 13.7. The monoisotopic (exact) mass is 347 g/mol. The van der Waals surface area contributed by atoms with Crippen molar-refractivity contribution < 1.29 is 18.3 Å². The maximum Gasteiger partial charge on any atom is 0.233 e. The van der Waals surface area contributed by atoms with Crippen molar-refractivity contribution in [2.45, 2.75) is 32.3 Å². The number of piperidine rings is 1. The van der Waals surface area contributed by atoms with Crippen LogP contribution in [0.2, 0.25) is 0 Å². The van der Waals surface area contributed by atoms with Crippen molar-refractivity contribution in [3.8, 4) is 5.88 Å². The van der Waals surface area contributed by atoms with E-state index < -0.39 is 11.6 Å².